The predicted octanol–water partition coefficient (Wildman–Crippen LogP) is 4.09. The fourth-order valence-electron chi connectivity index (χ4n) is 3.57. The van der Waals surface area contributed by atoms with E-state index in [1.54, 1.807) is 36.4 Å². The summed E-state index contributed by atoms with van der Waals surface area (Å²) < 4.78 is 30.4. The minimum atomic E-state index is -3.17. The molecule has 2 N–H and O–H groups in total. The summed E-state index contributed by atoms with van der Waals surface area (Å²) in [7, 11) is -3.17. The number of sulfone groups is 1. The van der Waals surface area contributed by atoms with Gasteiger partial charge in [-0.2, -0.15) is 0 Å². The van der Waals surface area contributed by atoms with Crippen LogP contribution >= 0.6 is 15.9 Å². The van der Waals surface area contributed by atoms with Crippen molar-refractivity contribution in [3.63, 3.8) is 0 Å². The third-order valence-corrected chi connectivity index (χ3v) is 7.71. The lowest BCUT2D eigenvalue weighted by Gasteiger charge is -2.14. The number of hydrogen-bond acceptors (Lipinski definition) is 5. The minimum absolute atomic E-state index is 0.0292. The SMILES string of the molecule is Cc1ccc(C(=O)N/C(=C/c2ccc(-c3ccc(Br)cc3)o2)C(=O)N[C@H]2CCS(=O)(=O)C2)cc1. The van der Waals surface area contributed by atoms with E-state index in [0.29, 0.717) is 23.5 Å². The van der Waals surface area contributed by atoms with Crippen molar-refractivity contribution in [2.24, 2.45) is 0 Å². The van der Waals surface area contributed by atoms with Crippen LogP contribution in [0.25, 0.3) is 17.4 Å². The van der Waals surface area contributed by atoms with E-state index in [9.17, 15) is 18.0 Å². The Morgan fingerprint density at radius 3 is 2.38 bits per heavy atom. The quantitative estimate of drug-likeness (QED) is 0.456. The monoisotopic (exact) mass is 542 g/mol. The summed E-state index contributed by atoms with van der Waals surface area (Å²) >= 11 is 3.40. The topological polar surface area (TPSA) is 105 Å². The Hall–Kier alpha value is -3.17. The van der Waals surface area contributed by atoms with Crippen LogP contribution in [0.2, 0.25) is 0 Å². The van der Waals surface area contributed by atoms with Crippen molar-refractivity contribution in [2.75, 3.05) is 11.5 Å². The molecule has 0 aliphatic carbocycles. The van der Waals surface area contributed by atoms with E-state index in [1.165, 1.54) is 6.08 Å². The van der Waals surface area contributed by atoms with Crippen LogP contribution in [0.15, 0.2) is 75.3 Å². The Morgan fingerprint density at radius 1 is 1.03 bits per heavy atom. The molecule has 9 heteroatoms. The van der Waals surface area contributed by atoms with E-state index in [4.69, 9.17) is 4.42 Å². The molecule has 176 valence electrons. The van der Waals surface area contributed by atoms with E-state index in [1.807, 2.05) is 31.2 Å². The molecular formula is C25H23BrN2O5S. The zero-order valence-corrected chi connectivity index (χ0v) is 20.8. The lowest BCUT2D eigenvalue weighted by molar-refractivity contribution is -0.118. The van der Waals surface area contributed by atoms with Crippen LogP contribution in [0.4, 0.5) is 0 Å². The fourth-order valence-corrected chi connectivity index (χ4v) is 5.51. The van der Waals surface area contributed by atoms with Crippen molar-refractivity contribution in [1.29, 1.82) is 0 Å². The first-order chi connectivity index (χ1) is 16.2. The molecule has 1 aliphatic rings. The summed E-state index contributed by atoms with van der Waals surface area (Å²) in [6, 6.07) is 17.5. The van der Waals surface area contributed by atoms with Gasteiger partial charge in [0.05, 0.1) is 11.5 Å². The van der Waals surface area contributed by atoms with E-state index >= 15 is 0 Å². The van der Waals surface area contributed by atoms with Gasteiger partial charge in [0.15, 0.2) is 9.84 Å². The second-order valence-corrected chi connectivity index (χ2v) is 11.3. The van der Waals surface area contributed by atoms with Crippen molar-refractivity contribution in [3.8, 4) is 11.3 Å². The molecule has 0 radical (unpaired) electrons. The van der Waals surface area contributed by atoms with Crippen LogP contribution in [0.3, 0.4) is 0 Å². The lowest BCUT2D eigenvalue weighted by Crippen LogP contribution is -2.41. The maximum atomic E-state index is 13.0. The Kier molecular flexibility index (Phi) is 7.04. The molecule has 2 amide bonds. The number of amides is 2. The summed E-state index contributed by atoms with van der Waals surface area (Å²) in [4.78, 5) is 25.8. The highest BCUT2D eigenvalue weighted by Gasteiger charge is 2.30. The van der Waals surface area contributed by atoms with E-state index in [-0.39, 0.29) is 17.2 Å². The Labute approximate surface area is 206 Å². The van der Waals surface area contributed by atoms with Gasteiger partial charge in [-0.15, -0.1) is 0 Å². The van der Waals surface area contributed by atoms with Gasteiger partial charge in [-0.3, -0.25) is 9.59 Å². The summed E-state index contributed by atoms with van der Waals surface area (Å²) in [5.41, 5.74) is 2.21. The number of halogens is 1. The molecule has 0 saturated carbocycles. The molecule has 0 unspecified atom stereocenters. The van der Waals surface area contributed by atoms with Crippen LogP contribution in [0, 0.1) is 6.92 Å². The predicted molar refractivity (Wildman–Crippen MR) is 134 cm³/mol. The second-order valence-electron chi connectivity index (χ2n) is 8.16. The average molecular weight is 543 g/mol. The molecule has 34 heavy (non-hydrogen) atoms. The maximum Gasteiger partial charge on any atom is 0.268 e. The first kappa shape index (κ1) is 24.0. The van der Waals surface area contributed by atoms with Gasteiger partial charge in [0.2, 0.25) is 0 Å². The highest BCUT2D eigenvalue weighted by atomic mass is 79.9. The standard InChI is InChI=1S/C25H23BrN2O5S/c1-16-2-4-18(5-3-16)24(29)28-22(25(30)27-20-12-13-34(31,32)15-20)14-21-10-11-23(33-21)17-6-8-19(26)9-7-17/h2-11,14,20H,12-13,15H2,1H3,(H,27,30)(H,28,29)/b22-14+/t20-/m0/s1. The van der Waals surface area contributed by atoms with Crippen LogP contribution in [0.5, 0.6) is 0 Å². The third-order valence-electron chi connectivity index (χ3n) is 5.42. The Balaban J connectivity index is 1.59. The van der Waals surface area contributed by atoms with Gasteiger partial charge in [-0.25, -0.2) is 8.42 Å². The molecule has 0 spiro atoms. The van der Waals surface area contributed by atoms with Crippen molar-refractivity contribution in [2.45, 2.75) is 19.4 Å². The molecule has 1 aromatic heterocycles. The van der Waals surface area contributed by atoms with Crippen LogP contribution < -0.4 is 10.6 Å². The van der Waals surface area contributed by atoms with Crippen molar-refractivity contribution in [3.05, 3.63) is 87.7 Å². The van der Waals surface area contributed by atoms with Gasteiger partial charge in [0, 0.05) is 27.7 Å². The normalized spacial score (nSPS) is 17.4. The number of nitrogens with one attached hydrogen (secondary N) is 2. The van der Waals surface area contributed by atoms with Gasteiger partial charge in [-0.1, -0.05) is 45.8 Å². The first-order valence-corrected chi connectivity index (χ1v) is 13.3. The van der Waals surface area contributed by atoms with Crippen LogP contribution in [0.1, 0.15) is 28.1 Å². The zero-order chi connectivity index (χ0) is 24.3. The van der Waals surface area contributed by atoms with Gasteiger partial charge >= 0.3 is 0 Å². The van der Waals surface area contributed by atoms with Crippen molar-refractivity contribution in [1.82, 2.24) is 10.6 Å². The molecule has 2 aromatic carbocycles. The molecule has 1 fully saturated rings. The molecule has 0 bridgehead atoms. The summed E-state index contributed by atoms with van der Waals surface area (Å²) in [5, 5.41) is 5.36. The molecule has 1 saturated heterocycles. The molecular weight excluding hydrogens is 520 g/mol. The smallest absolute Gasteiger partial charge is 0.268 e. The van der Waals surface area contributed by atoms with Crippen molar-refractivity contribution >= 4 is 43.7 Å². The molecule has 3 aromatic rings. The van der Waals surface area contributed by atoms with Crippen molar-refractivity contribution < 1.29 is 22.4 Å². The Morgan fingerprint density at radius 2 is 1.74 bits per heavy atom. The largest absolute Gasteiger partial charge is 0.457 e. The molecule has 2 heterocycles. The molecule has 4 rings (SSSR count). The molecule has 1 atom stereocenters. The van der Waals surface area contributed by atoms with Gasteiger partial charge in [0.1, 0.15) is 17.2 Å². The van der Waals surface area contributed by atoms with Crippen LogP contribution in [-0.4, -0.2) is 37.8 Å². The van der Waals surface area contributed by atoms with Gasteiger partial charge < -0.3 is 15.1 Å². The highest BCUT2D eigenvalue weighted by Crippen LogP contribution is 2.25. The van der Waals surface area contributed by atoms with Crippen LogP contribution in [-0.2, 0) is 14.6 Å². The van der Waals surface area contributed by atoms with Gasteiger partial charge in [0.25, 0.3) is 11.8 Å². The summed E-state index contributed by atoms with van der Waals surface area (Å²) in [6.07, 6.45) is 1.77. The number of furan rings is 1. The minimum Gasteiger partial charge on any atom is -0.457 e. The highest BCUT2D eigenvalue weighted by molar-refractivity contribution is 9.10. The number of hydrogen-bond donors (Lipinski definition) is 2. The lowest BCUT2D eigenvalue weighted by atomic mass is 10.1. The number of carbonyl (C=O) groups excluding carboxylic acids is 2. The van der Waals surface area contributed by atoms with E-state index < -0.39 is 27.7 Å². The number of rotatable bonds is 6. The van der Waals surface area contributed by atoms with Gasteiger partial charge in [-0.05, 0) is 49.7 Å². The summed E-state index contributed by atoms with van der Waals surface area (Å²) in [6.45, 7) is 1.91. The number of aryl methyl sites for hydroxylation is 1. The zero-order valence-electron chi connectivity index (χ0n) is 18.4. The molecule has 7 nitrogen and oxygen atoms in total. The Bertz CT molecular complexity index is 1340. The number of benzene rings is 2. The summed E-state index contributed by atoms with van der Waals surface area (Å²) in [5.74, 6) is -0.158. The second kappa shape index (κ2) is 9.99. The third kappa shape index (κ3) is 6.03. The molecule has 1 aliphatic heterocycles. The van der Waals surface area contributed by atoms with E-state index in [2.05, 4.69) is 26.6 Å². The average Bonchev–Trinajstić information content (AvgIpc) is 3.40. The maximum absolute atomic E-state index is 13.0. The fraction of sp³-hybridized carbons (Fsp3) is 0.200. The number of carbonyl (C=O) groups is 2. The van der Waals surface area contributed by atoms with E-state index in [0.717, 1.165) is 15.6 Å². The first-order valence-electron chi connectivity index (χ1n) is 10.7.